The first-order valence-corrected chi connectivity index (χ1v) is 17.1. The summed E-state index contributed by atoms with van der Waals surface area (Å²) in [6.07, 6.45) is 21.7. The first kappa shape index (κ1) is 49.0. The molecular formula is C32H56B4F4O9. The second kappa shape index (κ2) is 35.7. The van der Waals surface area contributed by atoms with Crippen molar-refractivity contribution in [3.05, 3.63) is 65.7 Å². The molecule has 7 N–H and O–H groups in total. The summed E-state index contributed by atoms with van der Waals surface area (Å²) in [7, 11) is -10.3. The van der Waals surface area contributed by atoms with Crippen molar-refractivity contribution in [1.29, 1.82) is 0 Å². The number of hydrogen-bond donors (Lipinski definition) is 7. The molecule has 49 heavy (non-hydrogen) atoms. The van der Waals surface area contributed by atoms with Crippen molar-refractivity contribution in [3.8, 4) is 5.75 Å². The van der Waals surface area contributed by atoms with Crippen LogP contribution in [0.5, 0.6) is 5.75 Å². The fourth-order valence-corrected chi connectivity index (χ4v) is 4.83. The Labute approximate surface area is 291 Å². The normalized spacial score (nSPS) is 10.7. The number of unbranched alkanes of at least 4 members (excludes halogenated alkanes) is 15. The van der Waals surface area contributed by atoms with E-state index >= 15 is 0 Å². The van der Waals surface area contributed by atoms with Crippen LogP contribution < -0.4 is 4.74 Å². The van der Waals surface area contributed by atoms with Gasteiger partial charge in [-0.05, 0) is 29.7 Å². The van der Waals surface area contributed by atoms with Crippen LogP contribution >= 0.6 is 0 Å². The van der Waals surface area contributed by atoms with Crippen molar-refractivity contribution in [2.45, 2.75) is 122 Å². The van der Waals surface area contributed by atoms with Gasteiger partial charge in [-0.1, -0.05) is 146 Å². The highest BCUT2D eigenvalue weighted by Crippen LogP contribution is 2.25. The van der Waals surface area contributed by atoms with Gasteiger partial charge in [-0.3, -0.25) is 17.3 Å². The highest BCUT2D eigenvalue weighted by atomic mass is 19.1. The molecule has 0 aliphatic heterocycles. The van der Waals surface area contributed by atoms with Crippen LogP contribution in [0.25, 0.3) is 0 Å². The van der Waals surface area contributed by atoms with Gasteiger partial charge in [0.25, 0.3) is 0 Å². The topological polar surface area (TPSA) is 160 Å². The molecule has 0 saturated heterocycles. The Balaban J connectivity index is 0. The second-order valence-electron chi connectivity index (χ2n) is 11.3. The lowest BCUT2D eigenvalue weighted by Crippen LogP contribution is -2.18. The van der Waals surface area contributed by atoms with Gasteiger partial charge < -0.3 is 44.6 Å². The maximum absolute atomic E-state index is 13.2. The lowest BCUT2D eigenvalue weighted by atomic mass is 10.00. The summed E-state index contributed by atoms with van der Waals surface area (Å²) >= 11 is 0. The van der Waals surface area contributed by atoms with Crippen molar-refractivity contribution < 1.29 is 61.8 Å². The van der Waals surface area contributed by atoms with Gasteiger partial charge in [0.05, 0.1) is 12.7 Å². The Morgan fingerprint density at radius 2 is 0.898 bits per heavy atom. The van der Waals surface area contributed by atoms with Crippen LogP contribution in [-0.4, -0.2) is 71.4 Å². The van der Waals surface area contributed by atoms with Gasteiger partial charge in [-0.15, -0.1) is 0 Å². The second-order valence-corrected chi connectivity index (χ2v) is 11.3. The third kappa shape index (κ3) is 40.2. The van der Waals surface area contributed by atoms with Gasteiger partial charge in [-0.2, -0.15) is 0 Å². The largest absolute Gasteiger partial charge is 0.677 e. The molecular weight excluding hydrogens is 648 g/mol. The van der Waals surface area contributed by atoms with E-state index in [-0.39, 0.29) is 0 Å². The molecule has 9 nitrogen and oxygen atoms in total. The molecule has 0 fully saturated rings. The summed E-state index contributed by atoms with van der Waals surface area (Å²) in [4.78, 5) is 0. The molecule has 2 aromatic carbocycles. The van der Waals surface area contributed by atoms with Crippen LogP contribution in [0.4, 0.5) is 17.3 Å². The minimum Gasteiger partial charge on any atom is -0.494 e. The Bertz CT molecular complexity index is 920. The van der Waals surface area contributed by atoms with Crippen molar-refractivity contribution >= 4 is 29.6 Å². The van der Waals surface area contributed by atoms with Crippen molar-refractivity contribution in [2.75, 3.05) is 6.61 Å². The highest BCUT2D eigenvalue weighted by molar-refractivity contribution is 6.33. The minimum atomic E-state index is -2.67. The molecule has 0 radical (unpaired) electrons. The summed E-state index contributed by atoms with van der Waals surface area (Å²) in [5, 5.41) is 50.8. The summed E-state index contributed by atoms with van der Waals surface area (Å²) < 4.78 is 54.5. The Morgan fingerprint density at radius 1 is 0.531 bits per heavy atom. The minimum absolute atomic E-state index is 0.487. The van der Waals surface area contributed by atoms with E-state index < -0.39 is 35.7 Å². The Kier molecular flexibility index (Phi) is 35.7. The highest BCUT2D eigenvalue weighted by Gasteiger charge is 2.22. The number of rotatable bonds is 23. The SMILES string of the molecule is CCCCCCCCCCCCCCCCCCOc1ccc(C(Cc2ccccc2)OB(O)F)cc1.OB(O)F.OB(O)F.OB(O)F. The van der Waals surface area contributed by atoms with Crippen LogP contribution in [0.1, 0.15) is 127 Å². The van der Waals surface area contributed by atoms with Crippen LogP contribution in [0.15, 0.2) is 54.6 Å². The zero-order valence-electron chi connectivity index (χ0n) is 28.8. The molecule has 0 aliphatic carbocycles. The molecule has 0 spiro atoms. The average molecular weight is 704 g/mol. The molecule has 0 heterocycles. The molecule has 17 heteroatoms. The van der Waals surface area contributed by atoms with E-state index in [1.54, 1.807) is 0 Å². The Hall–Kier alpha value is -2.10. The third-order valence-electron chi connectivity index (χ3n) is 7.06. The van der Waals surface area contributed by atoms with Gasteiger partial charge in [-0.25, -0.2) is 0 Å². The van der Waals surface area contributed by atoms with E-state index in [0.29, 0.717) is 13.0 Å². The summed E-state index contributed by atoms with van der Waals surface area (Å²) in [6, 6.07) is 17.3. The summed E-state index contributed by atoms with van der Waals surface area (Å²) in [5.74, 6) is 0.809. The zero-order chi connectivity index (χ0) is 37.1. The lowest BCUT2D eigenvalue weighted by Gasteiger charge is -2.18. The molecule has 0 aromatic heterocycles. The van der Waals surface area contributed by atoms with Gasteiger partial charge >= 0.3 is 29.6 Å². The summed E-state index contributed by atoms with van der Waals surface area (Å²) in [6.45, 7) is 2.99. The number of benzene rings is 2. The molecule has 2 rings (SSSR count). The first-order chi connectivity index (χ1) is 23.4. The first-order valence-electron chi connectivity index (χ1n) is 17.1. The van der Waals surface area contributed by atoms with Crippen molar-refractivity contribution in [3.63, 3.8) is 0 Å². The van der Waals surface area contributed by atoms with E-state index in [1.165, 1.54) is 96.3 Å². The van der Waals surface area contributed by atoms with E-state index in [9.17, 15) is 17.3 Å². The number of halogens is 4. The van der Waals surface area contributed by atoms with Crippen LogP contribution in [-0.2, 0) is 11.1 Å². The molecule has 0 saturated carbocycles. The quantitative estimate of drug-likeness (QED) is 0.0398. The smallest absolute Gasteiger partial charge is 0.494 e. The molecule has 2 aromatic rings. The monoisotopic (exact) mass is 704 g/mol. The van der Waals surface area contributed by atoms with Gasteiger partial charge in [0.1, 0.15) is 5.75 Å². The fraction of sp³-hybridized carbons (Fsp3) is 0.625. The van der Waals surface area contributed by atoms with Crippen molar-refractivity contribution in [2.24, 2.45) is 0 Å². The van der Waals surface area contributed by atoms with Gasteiger partial charge in [0, 0.05) is 6.42 Å². The zero-order valence-corrected chi connectivity index (χ0v) is 28.8. The molecule has 0 bridgehead atoms. The standard InChI is InChI=1S/C32H50BFO3.3BFH2O2/c1-2-3-4-5-6-7-8-9-10-11-12-13-14-15-16-20-27-36-31-25-23-30(24-26-31)32(37-33(34)35)28-29-21-18-17-19-22-29;3*2-1(3)4/h17-19,21-26,32,35H,2-16,20,27-28H2,1H3;3*3-4H. The Morgan fingerprint density at radius 3 is 1.27 bits per heavy atom. The number of ether oxygens (including phenoxy) is 1. The maximum atomic E-state index is 13.2. The van der Waals surface area contributed by atoms with E-state index in [0.717, 1.165) is 23.3 Å². The van der Waals surface area contributed by atoms with E-state index in [2.05, 4.69) is 6.92 Å². The summed E-state index contributed by atoms with van der Waals surface area (Å²) in [5.41, 5.74) is 1.84. The fourth-order valence-electron chi connectivity index (χ4n) is 4.83. The molecule has 0 amide bonds. The predicted octanol–water partition coefficient (Wildman–Crippen LogP) is 6.35. The van der Waals surface area contributed by atoms with E-state index in [1.807, 2.05) is 54.6 Å². The third-order valence-corrected chi connectivity index (χ3v) is 7.06. The van der Waals surface area contributed by atoms with Gasteiger partial charge in [0.15, 0.2) is 0 Å². The number of hydrogen-bond acceptors (Lipinski definition) is 9. The van der Waals surface area contributed by atoms with Gasteiger partial charge in [0.2, 0.25) is 0 Å². The molecule has 0 aliphatic rings. The molecule has 278 valence electrons. The van der Waals surface area contributed by atoms with Crippen LogP contribution in [0.2, 0.25) is 0 Å². The molecule has 1 atom stereocenters. The molecule has 1 unspecified atom stereocenters. The lowest BCUT2D eigenvalue weighted by molar-refractivity contribution is 0.141. The van der Waals surface area contributed by atoms with Crippen LogP contribution in [0.3, 0.4) is 0 Å². The van der Waals surface area contributed by atoms with Crippen molar-refractivity contribution in [1.82, 2.24) is 0 Å². The average Bonchev–Trinajstić information content (AvgIpc) is 3.02. The van der Waals surface area contributed by atoms with E-state index in [4.69, 9.17) is 44.6 Å². The van der Waals surface area contributed by atoms with Crippen LogP contribution in [0, 0.1) is 0 Å². The predicted molar refractivity (Wildman–Crippen MR) is 188 cm³/mol. The maximum Gasteiger partial charge on any atom is 0.677 e.